The van der Waals surface area contributed by atoms with Crippen molar-refractivity contribution in [3.63, 3.8) is 0 Å². The van der Waals surface area contributed by atoms with Gasteiger partial charge in [-0.3, -0.25) is 19.2 Å². The molecule has 0 bridgehead atoms. The number of carbonyl (C=O) groups excluding carboxylic acids is 2. The van der Waals surface area contributed by atoms with Crippen LogP contribution in [0.5, 0.6) is 0 Å². The van der Waals surface area contributed by atoms with Crippen LogP contribution in [0.3, 0.4) is 0 Å². The number of amides is 2. The van der Waals surface area contributed by atoms with Crippen LogP contribution in [0, 0.1) is 0 Å². The van der Waals surface area contributed by atoms with E-state index in [0.29, 0.717) is 0 Å². The van der Waals surface area contributed by atoms with Crippen LogP contribution in [0.15, 0.2) is 0 Å². The average molecular weight is 339 g/mol. The number of hydrogen-bond donors (Lipinski definition) is 6. The Morgan fingerprint density at radius 3 is 1.92 bits per heavy atom. The van der Waals surface area contributed by atoms with Gasteiger partial charge in [0.25, 0.3) is 0 Å². The molecule has 14 heteroatoms. The Balaban J connectivity index is -0.000000301. The molecule has 0 unspecified atom stereocenters. The summed E-state index contributed by atoms with van der Waals surface area (Å²) < 4.78 is 0. The number of rotatable bonds is 9. The van der Waals surface area contributed by atoms with E-state index in [-0.39, 0.29) is 94.0 Å². The molecule has 0 fully saturated rings. The molecule has 0 saturated heterocycles. The van der Waals surface area contributed by atoms with E-state index < -0.39 is 42.4 Å². The van der Waals surface area contributed by atoms with Gasteiger partial charge in [0.05, 0.1) is 0 Å². The molecular weight excluding hydrogens is 318 g/mol. The molecule has 0 aliphatic carbocycles. The number of nitrogens with one attached hydrogen (secondary N) is 2. The van der Waals surface area contributed by atoms with Crippen LogP contribution in [0.25, 0.3) is 0 Å². The molecule has 0 aliphatic heterocycles. The van der Waals surface area contributed by atoms with Crippen molar-refractivity contribution in [1.29, 1.82) is 0 Å². The van der Waals surface area contributed by atoms with Gasteiger partial charge in [-0.2, -0.15) is 12.6 Å². The first-order valence-electron chi connectivity index (χ1n) is 5.66. The quantitative estimate of drug-likeness (QED) is 0.182. The minimum atomic E-state index is -1.22. The Morgan fingerprint density at radius 1 is 1.04 bits per heavy atom. The van der Waals surface area contributed by atoms with Crippen molar-refractivity contribution in [3.8, 4) is 0 Å². The molecule has 2 amide bonds. The zero-order chi connectivity index (χ0) is 15.7. The van der Waals surface area contributed by atoms with Crippen molar-refractivity contribution >= 4 is 112 Å². The summed E-state index contributed by atoms with van der Waals surface area (Å²) >= 11 is 3.87. The first-order valence-corrected chi connectivity index (χ1v) is 6.29. The first-order chi connectivity index (χ1) is 9.27. The summed E-state index contributed by atoms with van der Waals surface area (Å²) in [6.45, 7) is -0.567. The van der Waals surface area contributed by atoms with Gasteiger partial charge in [-0.25, -0.2) is 0 Å². The molecule has 0 rings (SSSR count). The van der Waals surface area contributed by atoms with E-state index in [1.165, 1.54) is 0 Å². The minimum absolute atomic E-state index is 0. The molecule has 0 aliphatic rings. The molecule has 0 radical (unpaired) electrons. The second kappa shape index (κ2) is 19.9. The number of carboxylic acid groups (broad SMARTS) is 2. The SMILES string of the molecule is N[C@@H](CCC(=O)N[C@@H](CS)C(=O)NCC(=O)O)C(=O)O.[LiH].[LiH].[LiH].[LiH]. The van der Waals surface area contributed by atoms with Gasteiger partial charge in [0, 0.05) is 12.2 Å². The van der Waals surface area contributed by atoms with E-state index in [4.69, 9.17) is 15.9 Å². The van der Waals surface area contributed by atoms with Gasteiger partial charge in [-0.05, 0) is 6.42 Å². The number of nitrogens with two attached hydrogens (primary N) is 1. The van der Waals surface area contributed by atoms with Crippen LogP contribution < -0.4 is 16.4 Å². The van der Waals surface area contributed by atoms with Crippen molar-refractivity contribution in [1.82, 2.24) is 10.6 Å². The van der Waals surface area contributed by atoms with Gasteiger partial charge >= 0.3 is 87.4 Å². The van der Waals surface area contributed by atoms with Crippen molar-refractivity contribution in [2.24, 2.45) is 5.73 Å². The predicted octanol–water partition coefficient (Wildman–Crippen LogP) is -4.80. The number of thiol groups is 1. The van der Waals surface area contributed by atoms with E-state index in [2.05, 4.69) is 23.3 Å². The van der Waals surface area contributed by atoms with Crippen molar-refractivity contribution < 1.29 is 29.4 Å². The molecule has 0 aromatic carbocycles. The van der Waals surface area contributed by atoms with Gasteiger partial charge in [-0.1, -0.05) is 0 Å². The van der Waals surface area contributed by atoms with Crippen LogP contribution in [-0.4, -0.2) is 134 Å². The van der Waals surface area contributed by atoms with Crippen molar-refractivity contribution in [2.45, 2.75) is 24.9 Å². The van der Waals surface area contributed by atoms with E-state index in [9.17, 15) is 19.2 Å². The van der Waals surface area contributed by atoms with Crippen LogP contribution in [0.2, 0.25) is 0 Å². The molecule has 2 atom stereocenters. The number of hydrogen-bond acceptors (Lipinski definition) is 6. The average Bonchev–Trinajstić information content (AvgIpc) is 2.38. The summed E-state index contributed by atoms with van der Waals surface area (Å²) in [6, 6.07) is -2.15. The molecular formula is C10H21Li4N3O6S. The Bertz CT molecular complexity index is 405. The molecule has 0 heterocycles. The number of carboxylic acids is 2. The molecule has 0 aromatic heterocycles. The van der Waals surface area contributed by atoms with Crippen LogP contribution >= 0.6 is 12.6 Å². The Labute approximate surface area is 193 Å². The van der Waals surface area contributed by atoms with E-state index in [0.717, 1.165) is 0 Å². The summed E-state index contributed by atoms with van der Waals surface area (Å²) in [7, 11) is 0. The molecule has 9 nitrogen and oxygen atoms in total. The zero-order valence-corrected chi connectivity index (χ0v) is 11.4. The molecule has 6 N–H and O–H groups in total. The fraction of sp³-hybridized carbons (Fsp3) is 0.600. The van der Waals surface area contributed by atoms with Crippen LogP contribution in [0.4, 0.5) is 0 Å². The van der Waals surface area contributed by atoms with Crippen LogP contribution in [0.1, 0.15) is 12.8 Å². The maximum absolute atomic E-state index is 11.5. The standard InChI is InChI=1S/C10H17N3O6S.4Li.4H/c11-5(10(18)19)1-2-7(14)13-6(4-20)9(17)12-3-8(15)16;;;;;;;;/h5-6,20H,1-4,11H2,(H,12,17)(H,13,14)(H,15,16)(H,18,19);;;;;;;;/t5-,6-;;;;;;;;/m0......../s1. The van der Waals surface area contributed by atoms with Gasteiger partial charge in [0.15, 0.2) is 0 Å². The maximum atomic E-state index is 11.5. The Kier molecular flexibility index (Phi) is 29.6. The molecule has 0 saturated carbocycles. The van der Waals surface area contributed by atoms with Crippen molar-refractivity contribution in [3.05, 3.63) is 0 Å². The van der Waals surface area contributed by atoms with E-state index in [1.54, 1.807) is 0 Å². The van der Waals surface area contributed by atoms with Crippen LogP contribution in [-0.2, 0) is 19.2 Å². The summed E-state index contributed by atoms with van der Waals surface area (Å²) in [6.07, 6.45) is -0.235. The zero-order valence-electron chi connectivity index (χ0n) is 10.5. The Hall–Kier alpha value is 0.580. The third-order valence-electron chi connectivity index (χ3n) is 2.25. The summed E-state index contributed by atoms with van der Waals surface area (Å²) in [5.74, 6) is -3.70. The monoisotopic (exact) mass is 339 g/mol. The summed E-state index contributed by atoms with van der Waals surface area (Å²) in [5.41, 5.74) is 5.23. The second-order valence-electron chi connectivity index (χ2n) is 3.90. The van der Waals surface area contributed by atoms with Gasteiger partial charge in [0.1, 0.15) is 18.6 Å². The van der Waals surface area contributed by atoms with E-state index in [1.807, 2.05) is 0 Å². The molecule has 0 aromatic rings. The first kappa shape index (κ1) is 35.6. The number of aliphatic carboxylic acids is 2. The normalized spacial score (nSPS) is 10.9. The molecule has 24 heavy (non-hydrogen) atoms. The molecule has 0 spiro atoms. The molecule has 122 valence electrons. The predicted molar refractivity (Wildman–Crippen MR) is 99.9 cm³/mol. The van der Waals surface area contributed by atoms with Gasteiger partial charge in [-0.15, -0.1) is 0 Å². The summed E-state index contributed by atoms with van der Waals surface area (Å²) in [5, 5.41) is 21.4. The third kappa shape index (κ3) is 17.4. The summed E-state index contributed by atoms with van der Waals surface area (Å²) in [4.78, 5) is 43.7. The van der Waals surface area contributed by atoms with Gasteiger partial charge < -0.3 is 26.6 Å². The fourth-order valence-corrected chi connectivity index (χ4v) is 1.41. The van der Waals surface area contributed by atoms with E-state index >= 15 is 0 Å². The third-order valence-corrected chi connectivity index (χ3v) is 2.61. The Morgan fingerprint density at radius 2 is 1.54 bits per heavy atom. The fourth-order valence-electron chi connectivity index (χ4n) is 1.16. The topological polar surface area (TPSA) is 159 Å². The number of carbonyl (C=O) groups is 4. The van der Waals surface area contributed by atoms with Crippen molar-refractivity contribution in [2.75, 3.05) is 12.3 Å². The second-order valence-corrected chi connectivity index (χ2v) is 4.26. The van der Waals surface area contributed by atoms with Gasteiger partial charge in [0.2, 0.25) is 11.8 Å².